The third-order valence-electron chi connectivity index (χ3n) is 5.14. The molecule has 1 unspecified atom stereocenters. The van der Waals surface area contributed by atoms with Crippen LogP contribution < -0.4 is 10.2 Å². The molecule has 1 atom stereocenters. The molecule has 1 aliphatic heterocycles. The fourth-order valence-corrected chi connectivity index (χ4v) is 3.71. The zero-order valence-electron chi connectivity index (χ0n) is 16.8. The number of nitrogens with zero attached hydrogens (tertiary/aromatic N) is 4. The Morgan fingerprint density at radius 3 is 2.90 bits per heavy atom. The standard InChI is InChI=1S/C21H23F2N5O2/c1-21(2,30)12-24-20(29)15-11-25-28-9-7-18(26-19(15)28)27-8-3-4-17(27)14-10-13(22)5-6-16(14)23/h5-7,9-11,17,30H,3-4,8,12H2,1-2H3,(H,24,29). The number of rotatable bonds is 5. The third-order valence-corrected chi connectivity index (χ3v) is 5.14. The molecule has 158 valence electrons. The first-order valence-corrected chi connectivity index (χ1v) is 9.79. The molecular weight excluding hydrogens is 392 g/mol. The molecule has 1 aliphatic rings. The highest BCUT2D eigenvalue weighted by Gasteiger charge is 2.30. The van der Waals surface area contributed by atoms with E-state index in [4.69, 9.17) is 0 Å². The van der Waals surface area contributed by atoms with Gasteiger partial charge in [-0.1, -0.05) is 0 Å². The van der Waals surface area contributed by atoms with Gasteiger partial charge >= 0.3 is 0 Å². The molecule has 7 nitrogen and oxygen atoms in total. The summed E-state index contributed by atoms with van der Waals surface area (Å²) >= 11 is 0. The molecule has 0 bridgehead atoms. The molecule has 3 heterocycles. The highest BCUT2D eigenvalue weighted by Crippen LogP contribution is 2.36. The van der Waals surface area contributed by atoms with Crippen molar-refractivity contribution in [3.05, 3.63) is 59.4 Å². The van der Waals surface area contributed by atoms with E-state index in [1.165, 1.54) is 16.8 Å². The Hall–Kier alpha value is -3.07. The second kappa shape index (κ2) is 7.64. The number of aliphatic hydroxyl groups is 1. The van der Waals surface area contributed by atoms with Gasteiger partial charge in [0.05, 0.1) is 17.8 Å². The second-order valence-electron chi connectivity index (χ2n) is 8.12. The van der Waals surface area contributed by atoms with E-state index in [0.717, 1.165) is 18.6 Å². The van der Waals surface area contributed by atoms with Crippen molar-refractivity contribution in [1.82, 2.24) is 19.9 Å². The Morgan fingerprint density at radius 2 is 2.13 bits per heavy atom. The predicted molar refractivity (Wildman–Crippen MR) is 107 cm³/mol. The molecule has 0 saturated carbocycles. The van der Waals surface area contributed by atoms with Gasteiger partial charge in [0.25, 0.3) is 5.91 Å². The summed E-state index contributed by atoms with van der Waals surface area (Å²) in [6, 6.07) is 4.87. The van der Waals surface area contributed by atoms with E-state index in [9.17, 15) is 18.7 Å². The number of halogens is 2. The van der Waals surface area contributed by atoms with Crippen LogP contribution in [-0.4, -0.2) is 44.3 Å². The van der Waals surface area contributed by atoms with Gasteiger partial charge < -0.3 is 15.3 Å². The second-order valence-corrected chi connectivity index (χ2v) is 8.12. The van der Waals surface area contributed by atoms with Crippen LogP contribution in [0.2, 0.25) is 0 Å². The van der Waals surface area contributed by atoms with Gasteiger partial charge in [0.1, 0.15) is 23.0 Å². The number of amides is 1. The molecule has 1 amide bonds. The average molecular weight is 415 g/mol. The largest absolute Gasteiger partial charge is 0.389 e. The SMILES string of the molecule is CC(C)(O)CNC(=O)c1cnn2ccc(N3CCCC3c3cc(F)ccc3F)nc12. The van der Waals surface area contributed by atoms with E-state index in [0.29, 0.717) is 30.0 Å². The fraction of sp³-hybridized carbons (Fsp3) is 0.381. The number of anilines is 1. The lowest BCUT2D eigenvalue weighted by Crippen LogP contribution is -2.38. The quantitative estimate of drug-likeness (QED) is 0.670. The zero-order valence-corrected chi connectivity index (χ0v) is 16.8. The molecule has 1 fully saturated rings. The van der Waals surface area contributed by atoms with E-state index in [1.54, 1.807) is 26.1 Å². The number of carbonyl (C=O) groups excluding carboxylic acids is 1. The summed E-state index contributed by atoms with van der Waals surface area (Å²) in [6.07, 6.45) is 4.58. The van der Waals surface area contributed by atoms with Crippen LogP contribution in [-0.2, 0) is 0 Å². The molecule has 2 aromatic heterocycles. The van der Waals surface area contributed by atoms with Gasteiger partial charge in [0.2, 0.25) is 0 Å². The smallest absolute Gasteiger partial charge is 0.256 e. The van der Waals surface area contributed by atoms with Crippen LogP contribution in [0, 0.1) is 11.6 Å². The molecule has 1 aromatic carbocycles. The average Bonchev–Trinajstić information content (AvgIpc) is 3.34. The van der Waals surface area contributed by atoms with Gasteiger partial charge in [-0.3, -0.25) is 4.79 Å². The van der Waals surface area contributed by atoms with Crippen molar-refractivity contribution in [2.45, 2.75) is 38.3 Å². The summed E-state index contributed by atoms with van der Waals surface area (Å²) in [5, 5.41) is 16.7. The Balaban J connectivity index is 1.66. The Labute approximate surface area is 172 Å². The maximum Gasteiger partial charge on any atom is 0.256 e. The van der Waals surface area contributed by atoms with Crippen molar-refractivity contribution >= 4 is 17.4 Å². The van der Waals surface area contributed by atoms with E-state index >= 15 is 0 Å². The van der Waals surface area contributed by atoms with Crippen molar-refractivity contribution in [1.29, 1.82) is 0 Å². The summed E-state index contributed by atoms with van der Waals surface area (Å²) in [4.78, 5) is 19.1. The minimum absolute atomic E-state index is 0.0793. The lowest BCUT2D eigenvalue weighted by molar-refractivity contribution is 0.0695. The monoisotopic (exact) mass is 415 g/mol. The maximum atomic E-state index is 14.4. The van der Waals surface area contributed by atoms with Crippen molar-refractivity contribution in [3.63, 3.8) is 0 Å². The van der Waals surface area contributed by atoms with E-state index in [1.807, 2.05) is 4.90 Å². The van der Waals surface area contributed by atoms with Crippen molar-refractivity contribution in [3.8, 4) is 0 Å². The number of hydrogen-bond acceptors (Lipinski definition) is 5. The highest BCUT2D eigenvalue weighted by molar-refractivity contribution is 5.99. The minimum Gasteiger partial charge on any atom is -0.389 e. The minimum atomic E-state index is -1.05. The van der Waals surface area contributed by atoms with Crippen LogP contribution in [0.4, 0.5) is 14.6 Å². The first kappa shape index (κ1) is 20.2. The molecule has 2 N–H and O–H groups in total. The van der Waals surface area contributed by atoms with Gasteiger partial charge in [-0.15, -0.1) is 0 Å². The van der Waals surface area contributed by atoms with Crippen molar-refractivity contribution in [2.75, 3.05) is 18.0 Å². The Bertz CT molecular complexity index is 1090. The van der Waals surface area contributed by atoms with E-state index < -0.39 is 23.1 Å². The molecule has 1 saturated heterocycles. The summed E-state index contributed by atoms with van der Waals surface area (Å²) < 4.78 is 29.6. The van der Waals surface area contributed by atoms with Gasteiger partial charge in [-0.05, 0) is 51.0 Å². The van der Waals surface area contributed by atoms with E-state index in [2.05, 4.69) is 15.4 Å². The third kappa shape index (κ3) is 3.97. The van der Waals surface area contributed by atoms with Crippen LogP contribution in [0.3, 0.4) is 0 Å². The van der Waals surface area contributed by atoms with Crippen molar-refractivity contribution < 1.29 is 18.7 Å². The van der Waals surface area contributed by atoms with Gasteiger partial charge in [-0.25, -0.2) is 18.3 Å². The molecule has 30 heavy (non-hydrogen) atoms. The first-order valence-electron chi connectivity index (χ1n) is 9.79. The lowest BCUT2D eigenvalue weighted by Gasteiger charge is -2.26. The van der Waals surface area contributed by atoms with Crippen LogP contribution in [0.15, 0.2) is 36.7 Å². The lowest BCUT2D eigenvalue weighted by atomic mass is 10.0. The molecule has 4 rings (SSSR count). The topological polar surface area (TPSA) is 82.8 Å². The van der Waals surface area contributed by atoms with Gasteiger partial charge in [-0.2, -0.15) is 5.10 Å². The predicted octanol–water partition coefficient (Wildman–Crippen LogP) is 2.85. The number of hydrogen-bond donors (Lipinski definition) is 2. The molecule has 3 aromatic rings. The van der Waals surface area contributed by atoms with Crippen molar-refractivity contribution in [2.24, 2.45) is 0 Å². The normalized spacial score (nSPS) is 17.0. The molecule has 0 spiro atoms. The number of benzene rings is 1. The summed E-state index contributed by atoms with van der Waals surface area (Å²) in [7, 11) is 0. The number of fused-ring (bicyclic) bond motifs is 1. The first-order chi connectivity index (χ1) is 14.2. The Kier molecular flexibility index (Phi) is 5.15. The van der Waals surface area contributed by atoms with E-state index in [-0.39, 0.29) is 18.2 Å². The highest BCUT2D eigenvalue weighted by atomic mass is 19.1. The van der Waals surface area contributed by atoms with Crippen LogP contribution in [0.1, 0.15) is 48.7 Å². The van der Waals surface area contributed by atoms with Gasteiger partial charge in [0.15, 0.2) is 5.65 Å². The summed E-state index contributed by atoms with van der Waals surface area (Å²) in [5.41, 5.74) is -0.125. The molecule has 9 heteroatoms. The molecule has 0 radical (unpaired) electrons. The summed E-state index contributed by atoms with van der Waals surface area (Å²) in [6.45, 7) is 3.91. The van der Waals surface area contributed by atoms with Crippen LogP contribution >= 0.6 is 0 Å². The summed E-state index contributed by atoms with van der Waals surface area (Å²) in [5.74, 6) is -0.773. The van der Waals surface area contributed by atoms with Gasteiger partial charge in [0, 0.05) is 24.8 Å². The van der Waals surface area contributed by atoms with Crippen LogP contribution in [0.25, 0.3) is 5.65 Å². The molecule has 0 aliphatic carbocycles. The zero-order chi connectivity index (χ0) is 21.5. The maximum absolute atomic E-state index is 14.4. The Morgan fingerprint density at radius 1 is 1.33 bits per heavy atom. The number of carbonyl (C=O) groups is 1. The number of nitrogens with one attached hydrogen (secondary N) is 1. The van der Waals surface area contributed by atoms with Crippen LogP contribution in [0.5, 0.6) is 0 Å². The fourth-order valence-electron chi connectivity index (χ4n) is 3.71. The molecular formula is C21H23F2N5O2. The number of aromatic nitrogens is 3.